The van der Waals surface area contributed by atoms with Gasteiger partial charge in [-0.15, -0.1) is 0 Å². The van der Waals surface area contributed by atoms with Crippen molar-refractivity contribution in [1.82, 2.24) is 0 Å². The Morgan fingerprint density at radius 2 is 1.85 bits per heavy atom. The standard InChI is InChI=1S/C24H33.2ClH.Ti/c1-16(2)20-13-12-17(3)14-23(20)24-21-11-7-6-10-19(21)15-22(24)18-8-4-5-9-18;;;/h4-5,8,15-17,20,23H,6-7,9-14H2,1-3H3;2*1H;/q;;;+2/p-2/t17-,20+,23+;;;/m1.../s1. The molecule has 0 aromatic carbocycles. The zero-order valence-corrected chi connectivity index (χ0v) is 20.1. The van der Waals surface area contributed by atoms with Crippen LogP contribution in [0.15, 0.2) is 46.6 Å². The van der Waals surface area contributed by atoms with Crippen LogP contribution < -0.4 is 24.8 Å². The van der Waals surface area contributed by atoms with Gasteiger partial charge in [-0.1, -0.05) is 0 Å². The zero-order chi connectivity index (χ0) is 17.6. The third-order valence-corrected chi connectivity index (χ3v) is 8.90. The predicted molar refractivity (Wildman–Crippen MR) is 103 cm³/mol. The van der Waals surface area contributed by atoms with Gasteiger partial charge in [-0.05, 0) is 0 Å². The molecule has 0 aromatic rings. The van der Waals surface area contributed by atoms with Crippen molar-refractivity contribution >= 4 is 0 Å². The molecule has 4 rings (SSSR count). The van der Waals surface area contributed by atoms with Crippen LogP contribution in [0.25, 0.3) is 0 Å². The van der Waals surface area contributed by atoms with E-state index >= 15 is 0 Å². The summed E-state index contributed by atoms with van der Waals surface area (Å²) >= 11 is 2.64. The summed E-state index contributed by atoms with van der Waals surface area (Å²) in [6.45, 7) is 7.45. The molecule has 3 heteroatoms. The summed E-state index contributed by atoms with van der Waals surface area (Å²) in [5.74, 6) is 3.41. The second-order valence-corrected chi connectivity index (χ2v) is 10.6. The van der Waals surface area contributed by atoms with Crippen LogP contribution in [-0.4, -0.2) is 0 Å². The maximum Gasteiger partial charge on any atom is -1.00 e. The molecule has 0 bridgehead atoms. The van der Waals surface area contributed by atoms with E-state index in [9.17, 15) is 0 Å². The molecule has 0 radical (unpaired) electrons. The molecule has 0 aliphatic heterocycles. The van der Waals surface area contributed by atoms with E-state index in [-0.39, 0.29) is 24.8 Å². The van der Waals surface area contributed by atoms with Crippen molar-refractivity contribution in [2.45, 2.75) is 75.9 Å². The first kappa shape index (κ1) is 23.5. The molecule has 4 aliphatic carbocycles. The average molecular weight is 440 g/mol. The van der Waals surface area contributed by atoms with Crippen molar-refractivity contribution in [3.8, 4) is 0 Å². The molecule has 4 aliphatic rings. The van der Waals surface area contributed by atoms with Crippen LogP contribution in [0.5, 0.6) is 0 Å². The minimum atomic E-state index is 0. The molecule has 0 amide bonds. The molecule has 147 valence electrons. The van der Waals surface area contributed by atoms with Crippen molar-refractivity contribution in [3.63, 3.8) is 0 Å². The van der Waals surface area contributed by atoms with Crippen molar-refractivity contribution in [3.05, 3.63) is 46.6 Å². The van der Waals surface area contributed by atoms with Gasteiger partial charge >= 0.3 is 167 Å². The van der Waals surface area contributed by atoms with Crippen molar-refractivity contribution in [2.75, 3.05) is 0 Å². The maximum absolute atomic E-state index is 2.64. The monoisotopic (exact) mass is 439 g/mol. The molecule has 27 heavy (non-hydrogen) atoms. The zero-order valence-electron chi connectivity index (χ0n) is 17.0. The van der Waals surface area contributed by atoms with Gasteiger partial charge in [0.25, 0.3) is 0 Å². The Labute approximate surface area is 190 Å². The van der Waals surface area contributed by atoms with E-state index in [0.29, 0.717) is 3.72 Å². The largest absolute Gasteiger partial charge is 1.00 e. The van der Waals surface area contributed by atoms with E-state index in [1.807, 2.05) is 5.57 Å². The van der Waals surface area contributed by atoms with Crippen molar-refractivity contribution in [1.29, 1.82) is 0 Å². The van der Waals surface area contributed by atoms with E-state index in [1.54, 1.807) is 16.7 Å². The van der Waals surface area contributed by atoms with E-state index in [0.717, 1.165) is 30.1 Å². The molecular weight excluding hydrogens is 407 g/mol. The fourth-order valence-corrected chi connectivity index (χ4v) is 7.43. The molecule has 0 N–H and O–H groups in total. The summed E-state index contributed by atoms with van der Waals surface area (Å²) in [4.78, 5) is 0. The fraction of sp³-hybridized carbons (Fsp3) is 0.667. The van der Waals surface area contributed by atoms with Gasteiger partial charge in [-0.3, -0.25) is 0 Å². The van der Waals surface area contributed by atoms with E-state index in [4.69, 9.17) is 0 Å². The first-order valence-electron chi connectivity index (χ1n) is 10.6. The van der Waals surface area contributed by atoms with E-state index < -0.39 is 0 Å². The van der Waals surface area contributed by atoms with Crippen molar-refractivity contribution < 1.29 is 45.2 Å². The molecule has 0 spiro atoms. The summed E-state index contributed by atoms with van der Waals surface area (Å²) in [6.07, 6.45) is 20.6. The Morgan fingerprint density at radius 1 is 1.11 bits per heavy atom. The normalized spacial score (nSPS) is 35.4. The Balaban J connectivity index is 0.00000131. The minimum absolute atomic E-state index is 0. The van der Waals surface area contributed by atoms with Crippen LogP contribution >= 0.6 is 0 Å². The first-order chi connectivity index (χ1) is 12.0. The molecule has 4 atom stereocenters. The Bertz CT molecular complexity index is 670. The third-order valence-electron chi connectivity index (χ3n) is 7.43. The summed E-state index contributed by atoms with van der Waals surface area (Å²) in [7, 11) is 0. The predicted octanol–water partition coefficient (Wildman–Crippen LogP) is 1.11. The third kappa shape index (κ3) is 4.12. The molecule has 0 nitrogen and oxygen atoms in total. The molecule has 1 saturated carbocycles. The minimum Gasteiger partial charge on any atom is -1.00 e. The Morgan fingerprint density at radius 3 is 2.52 bits per heavy atom. The summed E-state index contributed by atoms with van der Waals surface area (Å²) in [5, 5.41) is 0. The fourth-order valence-electron chi connectivity index (χ4n) is 6.11. The number of hydrogen-bond donors (Lipinski definition) is 0. The number of allylic oxidation sites excluding steroid dienone is 8. The second-order valence-electron chi connectivity index (χ2n) is 9.33. The second kappa shape index (κ2) is 9.38. The van der Waals surface area contributed by atoms with Gasteiger partial charge in [-0.25, -0.2) is 0 Å². The summed E-state index contributed by atoms with van der Waals surface area (Å²) in [6, 6.07) is 0. The number of halogens is 2. The molecular formula is C24H33Cl2Ti. The average Bonchev–Trinajstić information content (AvgIpc) is 3.22. The molecule has 0 heterocycles. The van der Waals surface area contributed by atoms with Crippen LogP contribution in [0.4, 0.5) is 0 Å². The Hall–Kier alpha value is 0.254. The van der Waals surface area contributed by atoms with Crippen molar-refractivity contribution in [2.24, 2.45) is 23.7 Å². The quantitative estimate of drug-likeness (QED) is 0.577. The van der Waals surface area contributed by atoms with Crippen LogP contribution in [0.1, 0.15) is 72.1 Å². The van der Waals surface area contributed by atoms with Gasteiger partial charge in [0, 0.05) is 0 Å². The van der Waals surface area contributed by atoms with Crippen LogP contribution in [0.3, 0.4) is 0 Å². The van der Waals surface area contributed by atoms with Gasteiger partial charge in [0.1, 0.15) is 0 Å². The molecule has 0 aromatic heterocycles. The molecule has 1 fully saturated rings. The van der Waals surface area contributed by atoms with E-state index in [1.165, 1.54) is 44.9 Å². The Kier molecular flexibility index (Phi) is 8.17. The number of rotatable bonds is 3. The first-order valence-corrected chi connectivity index (χ1v) is 11.4. The van der Waals surface area contributed by atoms with Gasteiger partial charge in [0.2, 0.25) is 0 Å². The molecule has 0 saturated heterocycles. The van der Waals surface area contributed by atoms with Gasteiger partial charge in [0.05, 0.1) is 0 Å². The van der Waals surface area contributed by atoms with E-state index in [2.05, 4.69) is 65.5 Å². The van der Waals surface area contributed by atoms with Gasteiger partial charge in [-0.2, -0.15) is 0 Å². The van der Waals surface area contributed by atoms with Gasteiger partial charge < -0.3 is 24.8 Å². The maximum atomic E-state index is 2.64. The number of hydrogen-bond acceptors (Lipinski definition) is 0. The molecule has 1 unspecified atom stereocenters. The SMILES string of the molecule is CC(C)[C@@H]1CC[C@@H](C)C[C@@H]1[C]1([Ti+2])C(C2=CC=CC2)=CC2=C1CCCC2.[Cl-].[Cl-]. The summed E-state index contributed by atoms with van der Waals surface area (Å²) in [5.41, 5.74) is 6.87. The van der Waals surface area contributed by atoms with Crippen LogP contribution in [0, 0.1) is 23.7 Å². The summed E-state index contributed by atoms with van der Waals surface area (Å²) < 4.78 is 0.303. The van der Waals surface area contributed by atoms with Crippen LogP contribution in [-0.2, 0) is 20.4 Å². The van der Waals surface area contributed by atoms with Gasteiger partial charge in [0.15, 0.2) is 0 Å². The van der Waals surface area contributed by atoms with Crippen LogP contribution in [0.2, 0.25) is 3.72 Å². The smallest absolute Gasteiger partial charge is 1.00 e. The topological polar surface area (TPSA) is 0 Å².